The summed E-state index contributed by atoms with van der Waals surface area (Å²) in [7, 11) is -3.11. The van der Waals surface area contributed by atoms with Gasteiger partial charge in [-0.15, -0.1) is 4.21 Å². The van der Waals surface area contributed by atoms with Crippen LogP contribution in [0.1, 0.15) is 53.8 Å². The first kappa shape index (κ1) is 22.3. The van der Waals surface area contributed by atoms with Gasteiger partial charge in [0.2, 0.25) is 0 Å². The van der Waals surface area contributed by atoms with Crippen molar-refractivity contribution >= 4 is 27.7 Å². The third-order valence-corrected chi connectivity index (χ3v) is 8.48. The number of benzene rings is 1. The minimum Gasteiger partial charge on any atom is -0.615 e. The zero-order valence-corrected chi connectivity index (χ0v) is 19.7. The van der Waals surface area contributed by atoms with Crippen LogP contribution in [0.25, 0.3) is 11.3 Å². The average molecular weight is 485 g/mol. The number of amides is 1. The standard InChI is InChI=1S/C24H25ClN4O3S/c25-19-8-6-17(7-9-19)23-14-21(27-29(23)20-10-13-33(31,32)16-20)24(30)28-12-2-1-5-22(28)18-4-3-11-26-15-18/h3-4,6-9,11,14-15,20,22H,1-2,5,10,12-13,16H2. The van der Waals surface area contributed by atoms with Gasteiger partial charge in [0, 0.05) is 40.6 Å². The number of hydrogen-bond acceptors (Lipinski definition) is 5. The van der Waals surface area contributed by atoms with E-state index in [0.717, 1.165) is 36.1 Å². The Bertz CT molecular complexity index is 1200. The Balaban J connectivity index is 1.52. The molecule has 172 valence electrons. The number of hydrogen-bond donors (Lipinski definition) is 0. The molecule has 2 aliphatic heterocycles. The van der Waals surface area contributed by atoms with Gasteiger partial charge in [0.1, 0.15) is 17.5 Å². The zero-order valence-electron chi connectivity index (χ0n) is 18.1. The van der Waals surface area contributed by atoms with Crippen molar-refractivity contribution in [1.82, 2.24) is 19.7 Å². The summed E-state index contributed by atoms with van der Waals surface area (Å²) in [6, 6.07) is 12.6. The molecular weight excluding hydrogens is 460 g/mol. The van der Waals surface area contributed by atoms with E-state index in [1.165, 1.54) is 0 Å². The molecule has 3 aromatic rings. The highest BCUT2D eigenvalue weighted by molar-refractivity contribution is 7.97. The van der Waals surface area contributed by atoms with Crippen LogP contribution in [0.4, 0.5) is 0 Å². The monoisotopic (exact) mass is 484 g/mol. The van der Waals surface area contributed by atoms with Gasteiger partial charge in [-0.25, -0.2) is 0 Å². The largest absolute Gasteiger partial charge is 0.615 e. The van der Waals surface area contributed by atoms with E-state index in [0.29, 0.717) is 23.7 Å². The summed E-state index contributed by atoms with van der Waals surface area (Å²) in [5.74, 6) is 0.0273. The van der Waals surface area contributed by atoms with Crippen molar-refractivity contribution in [2.24, 2.45) is 0 Å². The Morgan fingerprint density at radius 2 is 1.97 bits per heavy atom. The van der Waals surface area contributed by atoms with Crippen molar-refractivity contribution in [3.8, 4) is 11.3 Å². The van der Waals surface area contributed by atoms with E-state index in [9.17, 15) is 13.6 Å². The third kappa shape index (κ3) is 4.60. The minimum atomic E-state index is -3.11. The van der Waals surface area contributed by atoms with Crippen molar-refractivity contribution in [1.29, 1.82) is 0 Å². The number of nitrogens with zero attached hydrogens (tertiary/aromatic N) is 4. The van der Waals surface area contributed by atoms with Crippen molar-refractivity contribution in [2.45, 2.75) is 37.8 Å². The van der Waals surface area contributed by atoms with Crippen LogP contribution in [0.15, 0.2) is 54.9 Å². The van der Waals surface area contributed by atoms with Crippen LogP contribution in [0.3, 0.4) is 0 Å². The lowest BCUT2D eigenvalue weighted by Gasteiger charge is -2.35. The van der Waals surface area contributed by atoms with E-state index in [4.69, 9.17) is 11.6 Å². The molecule has 2 saturated heterocycles. The maximum atomic E-state index is 13.7. The topological polar surface area (TPSA) is 91.1 Å². The van der Waals surface area contributed by atoms with Gasteiger partial charge >= 0.3 is 0 Å². The van der Waals surface area contributed by atoms with Gasteiger partial charge in [-0.05, 0) is 54.7 Å². The number of likely N-dealkylation sites (tertiary alicyclic amines) is 1. The van der Waals surface area contributed by atoms with Crippen molar-refractivity contribution in [3.63, 3.8) is 0 Å². The maximum absolute atomic E-state index is 13.7. The molecule has 0 saturated carbocycles. The SMILES string of the molecule is O=C(c1cc(-c2ccc(Cl)cc2)n(C2CC[S+](=O)([O-])C2)n1)N1CCCCC1c1cccnc1. The molecule has 0 aliphatic carbocycles. The number of carbonyl (C=O) groups is 1. The molecule has 1 aromatic carbocycles. The molecule has 4 heterocycles. The molecular formula is C24H25ClN4O3S. The van der Waals surface area contributed by atoms with Crippen molar-refractivity contribution in [2.75, 3.05) is 18.1 Å². The number of carbonyl (C=O) groups excluding carboxylic acids is 1. The highest BCUT2D eigenvalue weighted by atomic mass is 35.5. The number of sulfone groups is 1. The fourth-order valence-electron chi connectivity index (χ4n) is 4.82. The van der Waals surface area contributed by atoms with Crippen LogP contribution in [0.2, 0.25) is 5.02 Å². The Morgan fingerprint density at radius 1 is 1.15 bits per heavy atom. The molecule has 0 radical (unpaired) electrons. The molecule has 3 atom stereocenters. The fourth-order valence-corrected chi connectivity index (χ4v) is 6.64. The van der Waals surface area contributed by atoms with E-state index in [1.54, 1.807) is 29.1 Å². The van der Waals surface area contributed by atoms with Gasteiger partial charge < -0.3 is 9.45 Å². The number of pyridine rings is 1. The maximum Gasteiger partial charge on any atom is 0.274 e. The van der Waals surface area contributed by atoms with E-state index in [1.807, 2.05) is 35.4 Å². The fraction of sp³-hybridized carbons (Fsp3) is 0.375. The Labute approximate surface area is 199 Å². The first-order chi connectivity index (χ1) is 15.9. The van der Waals surface area contributed by atoms with Crippen molar-refractivity contribution in [3.05, 3.63) is 71.1 Å². The van der Waals surface area contributed by atoms with E-state index >= 15 is 0 Å². The summed E-state index contributed by atoms with van der Waals surface area (Å²) in [6.07, 6.45) is 6.90. The molecule has 0 spiro atoms. The van der Waals surface area contributed by atoms with E-state index in [2.05, 4.69) is 10.1 Å². The molecule has 2 aromatic heterocycles. The van der Waals surface area contributed by atoms with Gasteiger partial charge in [-0.3, -0.25) is 14.5 Å². The predicted octanol–water partition coefficient (Wildman–Crippen LogP) is 4.54. The second-order valence-corrected chi connectivity index (χ2v) is 11.4. The van der Waals surface area contributed by atoms with Gasteiger partial charge in [-0.2, -0.15) is 5.10 Å². The Hall–Kier alpha value is -2.55. The second kappa shape index (κ2) is 9.00. The molecule has 0 bridgehead atoms. The quantitative estimate of drug-likeness (QED) is 0.507. The Morgan fingerprint density at radius 3 is 2.67 bits per heavy atom. The number of piperidine rings is 1. The first-order valence-corrected chi connectivity index (χ1v) is 13.4. The summed E-state index contributed by atoms with van der Waals surface area (Å²) in [5.41, 5.74) is 2.93. The summed E-state index contributed by atoms with van der Waals surface area (Å²) >= 11 is 6.07. The number of halogens is 1. The molecule has 9 heteroatoms. The molecule has 1 amide bonds. The van der Waals surface area contributed by atoms with Gasteiger partial charge in [-0.1, -0.05) is 29.8 Å². The van der Waals surface area contributed by atoms with Gasteiger partial charge in [0.15, 0.2) is 5.69 Å². The molecule has 3 unspecified atom stereocenters. The number of aromatic nitrogens is 3. The summed E-state index contributed by atoms with van der Waals surface area (Å²) in [5, 5.41) is 5.28. The van der Waals surface area contributed by atoms with E-state index in [-0.39, 0.29) is 29.5 Å². The summed E-state index contributed by atoms with van der Waals surface area (Å²) in [4.78, 5) is 19.8. The van der Waals surface area contributed by atoms with E-state index < -0.39 is 10.2 Å². The summed E-state index contributed by atoms with van der Waals surface area (Å²) in [6.45, 7) is 0.652. The van der Waals surface area contributed by atoms with Crippen LogP contribution >= 0.6 is 11.6 Å². The molecule has 33 heavy (non-hydrogen) atoms. The van der Waals surface area contributed by atoms with Crippen LogP contribution < -0.4 is 0 Å². The average Bonchev–Trinajstić information content (AvgIpc) is 3.43. The van der Waals surface area contributed by atoms with Crippen molar-refractivity contribution < 1.29 is 13.6 Å². The predicted molar refractivity (Wildman–Crippen MR) is 127 cm³/mol. The minimum absolute atomic E-state index is 0.0327. The van der Waals surface area contributed by atoms with Gasteiger partial charge in [0.25, 0.3) is 5.91 Å². The molecule has 5 rings (SSSR count). The molecule has 0 N–H and O–H groups in total. The highest BCUT2D eigenvalue weighted by Crippen LogP contribution is 2.35. The first-order valence-electron chi connectivity index (χ1n) is 11.2. The smallest absolute Gasteiger partial charge is 0.274 e. The molecule has 2 fully saturated rings. The lowest BCUT2D eigenvalue weighted by atomic mass is 9.96. The normalized spacial score (nSPS) is 25.3. The highest BCUT2D eigenvalue weighted by Gasteiger charge is 2.37. The van der Waals surface area contributed by atoms with Crippen LogP contribution in [0, 0.1) is 0 Å². The van der Waals surface area contributed by atoms with Crippen LogP contribution in [-0.2, 0) is 14.4 Å². The summed E-state index contributed by atoms with van der Waals surface area (Å²) < 4.78 is 26.0. The lowest BCUT2D eigenvalue weighted by molar-refractivity contribution is 0.0604. The molecule has 7 nitrogen and oxygen atoms in total. The molecule has 2 aliphatic rings. The second-order valence-electron chi connectivity index (χ2n) is 8.72. The third-order valence-electron chi connectivity index (χ3n) is 6.48. The number of rotatable bonds is 4. The lowest BCUT2D eigenvalue weighted by Crippen LogP contribution is -2.38. The van der Waals surface area contributed by atoms with Gasteiger partial charge in [0.05, 0.1) is 11.7 Å². The zero-order chi connectivity index (χ0) is 23.0. The Kier molecular flexibility index (Phi) is 6.07. The van der Waals surface area contributed by atoms with Crippen LogP contribution in [-0.4, -0.2) is 48.2 Å². The van der Waals surface area contributed by atoms with Crippen LogP contribution in [0.5, 0.6) is 0 Å².